The highest BCUT2D eigenvalue weighted by atomic mass is 32.2. The lowest BCUT2D eigenvalue weighted by Crippen LogP contribution is -2.30. The van der Waals surface area contributed by atoms with Crippen LogP contribution < -0.4 is 16.2 Å². The number of rotatable bonds is 4. The Labute approximate surface area is 114 Å². The second-order valence-electron chi connectivity index (χ2n) is 5.27. The molecule has 106 valence electrons. The van der Waals surface area contributed by atoms with E-state index in [1.807, 2.05) is 0 Å². The first-order valence-electron chi connectivity index (χ1n) is 6.50. The van der Waals surface area contributed by atoms with Gasteiger partial charge in [0, 0.05) is 18.1 Å². The average molecular weight is 283 g/mol. The topological polar surface area (TPSA) is 98.2 Å². The molecule has 0 aromatic heterocycles. The lowest BCUT2D eigenvalue weighted by Gasteiger charge is -2.20. The minimum atomic E-state index is -3.61. The smallest absolute Gasteiger partial charge is 0.238 e. The first-order valence-corrected chi connectivity index (χ1v) is 8.05. The first kappa shape index (κ1) is 14.5. The predicted molar refractivity (Wildman–Crippen MR) is 75.0 cm³/mol. The molecule has 1 aromatic rings. The summed E-state index contributed by atoms with van der Waals surface area (Å²) >= 11 is 0. The van der Waals surface area contributed by atoms with Crippen LogP contribution in [0.2, 0.25) is 0 Å². The summed E-state index contributed by atoms with van der Waals surface area (Å²) in [4.78, 5) is 0.145. The summed E-state index contributed by atoms with van der Waals surface area (Å²) < 4.78 is 22.4. The molecule has 5 N–H and O–H groups in total. The van der Waals surface area contributed by atoms with Gasteiger partial charge in [0.15, 0.2) is 0 Å². The normalized spacial score (nSPS) is 25.4. The molecule has 5 nitrogen and oxygen atoms in total. The van der Waals surface area contributed by atoms with Crippen LogP contribution >= 0.6 is 0 Å². The van der Waals surface area contributed by atoms with Crippen molar-refractivity contribution in [3.8, 4) is 0 Å². The molecule has 0 radical (unpaired) electrons. The highest BCUT2D eigenvalue weighted by Gasteiger charge is 2.23. The van der Waals surface area contributed by atoms with Gasteiger partial charge in [-0.25, -0.2) is 13.6 Å². The SMILES string of the molecule is CC(NC1CCC(N)C1)c1ccc(S(N)(=O)=O)cc1. The third-order valence-corrected chi connectivity index (χ3v) is 4.60. The lowest BCUT2D eigenvalue weighted by atomic mass is 10.1. The Morgan fingerprint density at radius 2 is 1.89 bits per heavy atom. The Kier molecular flexibility index (Phi) is 4.25. The number of primary sulfonamides is 1. The summed E-state index contributed by atoms with van der Waals surface area (Å²) in [5, 5.41) is 8.60. The third kappa shape index (κ3) is 3.76. The number of benzene rings is 1. The number of hydrogen-bond acceptors (Lipinski definition) is 4. The van der Waals surface area contributed by atoms with Crippen LogP contribution in [0.15, 0.2) is 29.2 Å². The van der Waals surface area contributed by atoms with Crippen molar-refractivity contribution in [3.05, 3.63) is 29.8 Å². The van der Waals surface area contributed by atoms with E-state index in [1.165, 1.54) is 0 Å². The maximum absolute atomic E-state index is 11.2. The highest BCUT2D eigenvalue weighted by Crippen LogP contribution is 2.22. The molecule has 1 aliphatic carbocycles. The fourth-order valence-electron chi connectivity index (χ4n) is 2.56. The zero-order valence-electron chi connectivity index (χ0n) is 11.0. The van der Waals surface area contributed by atoms with Gasteiger partial charge >= 0.3 is 0 Å². The molecular formula is C13H21N3O2S. The minimum absolute atomic E-state index is 0.145. The fraction of sp³-hybridized carbons (Fsp3) is 0.538. The van der Waals surface area contributed by atoms with E-state index in [9.17, 15) is 8.42 Å². The van der Waals surface area contributed by atoms with Crippen molar-refractivity contribution in [2.45, 2.75) is 49.2 Å². The Morgan fingerprint density at radius 3 is 2.37 bits per heavy atom. The maximum atomic E-state index is 11.2. The summed E-state index contributed by atoms with van der Waals surface area (Å²) in [5.41, 5.74) is 6.94. The molecule has 3 unspecified atom stereocenters. The molecule has 0 aliphatic heterocycles. The molecule has 1 fully saturated rings. The number of hydrogen-bond donors (Lipinski definition) is 3. The van der Waals surface area contributed by atoms with E-state index in [-0.39, 0.29) is 10.9 Å². The molecule has 19 heavy (non-hydrogen) atoms. The van der Waals surface area contributed by atoms with Gasteiger partial charge in [0.2, 0.25) is 10.0 Å². The minimum Gasteiger partial charge on any atom is -0.328 e. The van der Waals surface area contributed by atoms with Crippen molar-refractivity contribution in [2.24, 2.45) is 10.9 Å². The van der Waals surface area contributed by atoms with Gasteiger partial charge in [0.05, 0.1) is 4.90 Å². The second-order valence-corrected chi connectivity index (χ2v) is 6.83. The van der Waals surface area contributed by atoms with Crippen molar-refractivity contribution < 1.29 is 8.42 Å². The molecule has 1 aromatic carbocycles. The van der Waals surface area contributed by atoms with Crippen molar-refractivity contribution in [2.75, 3.05) is 0 Å². The molecule has 3 atom stereocenters. The molecule has 0 saturated heterocycles. The quantitative estimate of drug-likeness (QED) is 0.763. The molecule has 1 aliphatic rings. The molecule has 0 bridgehead atoms. The van der Waals surface area contributed by atoms with E-state index in [1.54, 1.807) is 24.3 Å². The van der Waals surface area contributed by atoms with E-state index in [4.69, 9.17) is 10.9 Å². The van der Waals surface area contributed by atoms with E-state index >= 15 is 0 Å². The van der Waals surface area contributed by atoms with Gasteiger partial charge in [-0.1, -0.05) is 12.1 Å². The number of sulfonamides is 1. The standard InChI is InChI=1S/C13H21N3O2S/c1-9(16-12-5-4-11(14)8-12)10-2-6-13(7-3-10)19(15,17)18/h2-3,6-7,9,11-12,16H,4-5,8,14H2,1H3,(H2,15,17,18). The summed E-state index contributed by atoms with van der Waals surface area (Å²) in [5.74, 6) is 0. The van der Waals surface area contributed by atoms with Crippen LogP contribution in [0.3, 0.4) is 0 Å². The van der Waals surface area contributed by atoms with Crippen LogP contribution in [0.4, 0.5) is 0 Å². The molecule has 0 amide bonds. The van der Waals surface area contributed by atoms with Gasteiger partial charge in [-0.15, -0.1) is 0 Å². The predicted octanol–water partition coefficient (Wildman–Crippen LogP) is 0.864. The van der Waals surface area contributed by atoms with Gasteiger partial charge in [-0.2, -0.15) is 0 Å². The summed E-state index contributed by atoms with van der Waals surface area (Å²) in [6.45, 7) is 2.07. The zero-order chi connectivity index (χ0) is 14.0. The van der Waals surface area contributed by atoms with E-state index in [0.29, 0.717) is 12.1 Å². The van der Waals surface area contributed by atoms with Crippen molar-refractivity contribution in [3.63, 3.8) is 0 Å². The molecule has 0 heterocycles. The van der Waals surface area contributed by atoms with Crippen LogP contribution in [0.25, 0.3) is 0 Å². The second kappa shape index (κ2) is 5.58. The van der Waals surface area contributed by atoms with E-state index in [2.05, 4.69) is 12.2 Å². The van der Waals surface area contributed by atoms with Gasteiger partial charge < -0.3 is 11.1 Å². The van der Waals surface area contributed by atoms with E-state index < -0.39 is 10.0 Å². The summed E-state index contributed by atoms with van der Waals surface area (Å²) in [6.07, 6.45) is 3.16. The molecule has 1 saturated carbocycles. The Morgan fingerprint density at radius 1 is 1.26 bits per heavy atom. The fourth-order valence-corrected chi connectivity index (χ4v) is 3.08. The highest BCUT2D eigenvalue weighted by molar-refractivity contribution is 7.89. The number of nitrogens with two attached hydrogens (primary N) is 2. The average Bonchev–Trinajstić information content (AvgIpc) is 2.74. The molecule has 2 rings (SSSR count). The Balaban J connectivity index is 2.01. The Bertz CT molecular complexity index is 527. The van der Waals surface area contributed by atoms with Gasteiger partial charge in [-0.05, 0) is 43.9 Å². The zero-order valence-corrected chi connectivity index (χ0v) is 11.9. The van der Waals surface area contributed by atoms with Gasteiger partial charge in [0.1, 0.15) is 0 Å². The third-order valence-electron chi connectivity index (χ3n) is 3.67. The Hall–Kier alpha value is -0.950. The monoisotopic (exact) mass is 283 g/mol. The van der Waals surface area contributed by atoms with Crippen LogP contribution in [0.5, 0.6) is 0 Å². The van der Waals surface area contributed by atoms with Crippen LogP contribution in [-0.4, -0.2) is 20.5 Å². The van der Waals surface area contributed by atoms with Crippen LogP contribution in [0.1, 0.15) is 37.8 Å². The lowest BCUT2D eigenvalue weighted by molar-refractivity contribution is 0.457. The molecular weight excluding hydrogens is 262 g/mol. The van der Waals surface area contributed by atoms with E-state index in [0.717, 1.165) is 24.8 Å². The maximum Gasteiger partial charge on any atom is 0.238 e. The largest absolute Gasteiger partial charge is 0.328 e. The van der Waals surface area contributed by atoms with Gasteiger partial charge in [-0.3, -0.25) is 0 Å². The summed E-state index contributed by atoms with van der Waals surface area (Å²) in [6, 6.07) is 7.60. The first-order chi connectivity index (χ1) is 8.86. The van der Waals surface area contributed by atoms with Crippen LogP contribution in [0, 0.1) is 0 Å². The van der Waals surface area contributed by atoms with Crippen molar-refractivity contribution >= 4 is 10.0 Å². The number of nitrogens with one attached hydrogen (secondary N) is 1. The van der Waals surface area contributed by atoms with Crippen molar-refractivity contribution in [1.29, 1.82) is 0 Å². The molecule has 6 heteroatoms. The summed E-state index contributed by atoms with van der Waals surface area (Å²) in [7, 11) is -3.61. The van der Waals surface area contributed by atoms with Crippen molar-refractivity contribution in [1.82, 2.24) is 5.32 Å². The van der Waals surface area contributed by atoms with Gasteiger partial charge in [0.25, 0.3) is 0 Å². The van der Waals surface area contributed by atoms with Crippen LogP contribution in [-0.2, 0) is 10.0 Å². The molecule has 0 spiro atoms.